The fraction of sp³-hybridized carbons (Fsp3) is 0.292. The van der Waals surface area contributed by atoms with Crippen LogP contribution in [0.5, 0.6) is 5.75 Å². The zero-order valence-corrected chi connectivity index (χ0v) is 18.1. The van der Waals surface area contributed by atoms with Gasteiger partial charge in [0.25, 0.3) is 0 Å². The molecule has 0 aliphatic carbocycles. The molecule has 0 atom stereocenters. The van der Waals surface area contributed by atoms with Gasteiger partial charge in [0.05, 0.1) is 17.6 Å². The number of carbonyl (C=O) groups excluding carboxylic acids is 1. The van der Waals surface area contributed by atoms with Crippen LogP contribution in [-0.2, 0) is 24.3 Å². The maximum absolute atomic E-state index is 10.8. The molecule has 0 aliphatic heterocycles. The van der Waals surface area contributed by atoms with Crippen molar-refractivity contribution in [2.75, 3.05) is 12.3 Å². The van der Waals surface area contributed by atoms with Crippen LogP contribution in [0.1, 0.15) is 31.2 Å². The lowest BCUT2D eigenvalue weighted by atomic mass is 10.1. The second kappa shape index (κ2) is 9.55. The molecule has 8 heteroatoms. The van der Waals surface area contributed by atoms with E-state index in [4.69, 9.17) is 25.9 Å². The highest BCUT2D eigenvalue weighted by atomic mass is 16.5. The molecule has 4 rings (SSSR count). The van der Waals surface area contributed by atoms with Gasteiger partial charge in [-0.3, -0.25) is 0 Å². The standard InChI is InChI=1S/C24H27N5O3/c1-2-20-28-21-22(29(20)12-6-7-13-31-24(26)30)18-11-10-17(14-19(18)27-23(21)25)32-15-16-8-4-3-5-9-16/h3-5,8-11,14H,2,6-7,12-13,15H2,1H3,(H2,25,27)(H2,26,30). The van der Waals surface area contributed by atoms with Gasteiger partial charge in [0.2, 0.25) is 0 Å². The maximum Gasteiger partial charge on any atom is 0.404 e. The quantitative estimate of drug-likeness (QED) is 0.382. The molecule has 4 N–H and O–H groups in total. The first-order valence-corrected chi connectivity index (χ1v) is 10.7. The number of aromatic nitrogens is 3. The Morgan fingerprint density at radius 3 is 2.66 bits per heavy atom. The number of nitrogens with zero attached hydrogens (tertiary/aromatic N) is 3. The number of pyridine rings is 1. The van der Waals surface area contributed by atoms with E-state index in [1.54, 1.807) is 0 Å². The van der Waals surface area contributed by atoms with Crippen LogP contribution in [0.25, 0.3) is 21.9 Å². The van der Waals surface area contributed by atoms with Crippen molar-refractivity contribution in [2.24, 2.45) is 5.73 Å². The van der Waals surface area contributed by atoms with Crippen molar-refractivity contribution < 1.29 is 14.3 Å². The second-order valence-corrected chi connectivity index (χ2v) is 7.56. The summed E-state index contributed by atoms with van der Waals surface area (Å²) in [6.45, 7) is 3.58. The summed E-state index contributed by atoms with van der Waals surface area (Å²) < 4.78 is 13.0. The molecule has 2 aromatic heterocycles. The van der Waals surface area contributed by atoms with E-state index in [9.17, 15) is 4.79 Å². The van der Waals surface area contributed by atoms with Crippen LogP contribution in [0.15, 0.2) is 48.5 Å². The van der Waals surface area contributed by atoms with Gasteiger partial charge in [-0.2, -0.15) is 0 Å². The predicted octanol–water partition coefficient (Wildman–Crippen LogP) is 4.18. The molecule has 2 aromatic carbocycles. The van der Waals surface area contributed by atoms with Gasteiger partial charge in [-0.1, -0.05) is 37.3 Å². The monoisotopic (exact) mass is 433 g/mol. The molecule has 8 nitrogen and oxygen atoms in total. The minimum absolute atomic E-state index is 0.302. The number of fused-ring (bicyclic) bond motifs is 3. The zero-order chi connectivity index (χ0) is 22.5. The fourth-order valence-corrected chi connectivity index (χ4v) is 3.82. The number of hydrogen-bond donors (Lipinski definition) is 2. The Morgan fingerprint density at radius 1 is 1.09 bits per heavy atom. The first-order chi connectivity index (χ1) is 15.6. The van der Waals surface area contributed by atoms with E-state index in [2.05, 4.69) is 16.5 Å². The average molecular weight is 434 g/mol. The summed E-state index contributed by atoms with van der Waals surface area (Å²) in [6, 6.07) is 15.9. The predicted molar refractivity (Wildman–Crippen MR) is 124 cm³/mol. The summed E-state index contributed by atoms with van der Waals surface area (Å²) in [6.07, 6.45) is 1.55. The summed E-state index contributed by atoms with van der Waals surface area (Å²) in [5.41, 5.74) is 14.9. The molecule has 166 valence electrons. The molecular weight excluding hydrogens is 406 g/mol. The van der Waals surface area contributed by atoms with E-state index in [0.717, 1.165) is 52.9 Å². The van der Waals surface area contributed by atoms with E-state index >= 15 is 0 Å². The van der Waals surface area contributed by atoms with E-state index < -0.39 is 6.09 Å². The van der Waals surface area contributed by atoms with Gasteiger partial charge in [-0.15, -0.1) is 0 Å². The number of benzene rings is 2. The van der Waals surface area contributed by atoms with Gasteiger partial charge < -0.3 is 25.5 Å². The second-order valence-electron chi connectivity index (χ2n) is 7.56. The third kappa shape index (κ3) is 4.59. The van der Waals surface area contributed by atoms with E-state index in [0.29, 0.717) is 31.0 Å². The number of anilines is 1. The Kier molecular flexibility index (Phi) is 6.39. The summed E-state index contributed by atoms with van der Waals surface area (Å²) >= 11 is 0. The van der Waals surface area contributed by atoms with Crippen molar-refractivity contribution >= 4 is 33.8 Å². The number of aryl methyl sites for hydroxylation is 2. The van der Waals surface area contributed by atoms with Crippen LogP contribution < -0.4 is 16.2 Å². The van der Waals surface area contributed by atoms with Crippen LogP contribution in [0.4, 0.5) is 10.6 Å². The number of ether oxygens (including phenoxy) is 2. The minimum atomic E-state index is -0.748. The van der Waals surface area contributed by atoms with Gasteiger partial charge in [0, 0.05) is 24.4 Å². The number of imidazole rings is 1. The van der Waals surface area contributed by atoms with E-state index in [1.807, 2.05) is 48.5 Å². The number of nitrogen functional groups attached to an aromatic ring is 1. The highest BCUT2D eigenvalue weighted by molar-refractivity contribution is 6.06. The number of hydrogen-bond acceptors (Lipinski definition) is 6. The Bertz CT molecular complexity index is 1240. The molecule has 2 heterocycles. The molecule has 0 fully saturated rings. The van der Waals surface area contributed by atoms with Gasteiger partial charge in [0.1, 0.15) is 23.7 Å². The molecular formula is C24H27N5O3. The molecule has 0 saturated heterocycles. The molecule has 4 aromatic rings. The smallest absolute Gasteiger partial charge is 0.404 e. The fourth-order valence-electron chi connectivity index (χ4n) is 3.82. The van der Waals surface area contributed by atoms with Crippen LogP contribution in [-0.4, -0.2) is 27.2 Å². The van der Waals surface area contributed by atoms with E-state index in [1.165, 1.54) is 0 Å². The van der Waals surface area contributed by atoms with Crippen molar-refractivity contribution in [3.63, 3.8) is 0 Å². The van der Waals surface area contributed by atoms with Crippen molar-refractivity contribution in [3.8, 4) is 5.75 Å². The van der Waals surface area contributed by atoms with Crippen LogP contribution in [0, 0.1) is 0 Å². The molecule has 1 amide bonds. The number of nitrogens with two attached hydrogens (primary N) is 2. The van der Waals surface area contributed by atoms with Gasteiger partial charge in [-0.25, -0.2) is 14.8 Å². The van der Waals surface area contributed by atoms with Gasteiger partial charge in [0.15, 0.2) is 5.82 Å². The highest BCUT2D eigenvalue weighted by Crippen LogP contribution is 2.31. The molecule has 0 bridgehead atoms. The number of rotatable bonds is 9. The molecule has 0 spiro atoms. The van der Waals surface area contributed by atoms with Gasteiger partial charge >= 0.3 is 6.09 Å². The highest BCUT2D eigenvalue weighted by Gasteiger charge is 2.17. The third-order valence-electron chi connectivity index (χ3n) is 5.34. The topological polar surface area (TPSA) is 118 Å². The van der Waals surface area contributed by atoms with Crippen molar-refractivity contribution in [3.05, 3.63) is 59.9 Å². The lowest BCUT2D eigenvalue weighted by Crippen LogP contribution is -2.14. The first kappa shape index (κ1) is 21.4. The largest absolute Gasteiger partial charge is 0.489 e. The number of amides is 1. The molecule has 0 saturated carbocycles. The Morgan fingerprint density at radius 2 is 1.91 bits per heavy atom. The van der Waals surface area contributed by atoms with Crippen molar-refractivity contribution in [1.82, 2.24) is 14.5 Å². The third-order valence-corrected chi connectivity index (χ3v) is 5.34. The summed E-state index contributed by atoms with van der Waals surface area (Å²) in [5.74, 6) is 2.08. The van der Waals surface area contributed by atoms with Gasteiger partial charge in [-0.05, 0) is 30.5 Å². The zero-order valence-electron chi connectivity index (χ0n) is 18.1. The minimum Gasteiger partial charge on any atom is -0.489 e. The summed E-state index contributed by atoms with van der Waals surface area (Å²) in [7, 11) is 0. The maximum atomic E-state index is 10.8. The Hall–Kier alpha value is -3.81. The number of primary amides is 1. The van der Waals surface area contributed by atoms with Crippen LogP contribution in [0.2, 0.25) is 0 Å². The molecule has 0 aliphatic rings. The summed E-state index contributed by atoms with van der Waals surface area (Å²) in [5, 5.41) is 0.974. The van der Waals surface area contributed by atoms with Crippen LogP contribution >= 0.6 is 0 Å². The SMILES string of the molecule is CCc1nc2c(N)nc3cc(OCc4ccccc4)ccc3c2n1CCCCOC(N)=O. The lowest BCUT2D eigenvalue weighted by molar-refractivity contribution is 0.154. The Balaban J connectivity index is 1.63. The van der Waals surface area contributed by atoms with E-state index in [-0.39, 0.29) is 0 Å². The lowest BCUT2D eigenvalue weighted by Gasteiger charge is -2.11. The number of unbranched alkanes of at least 4 members (excludes halogenated alkanes) is 1. The molecule has 0 unspecified atom stereocenters. The van der Waals surface area contributed by atoms with Crippen LogP contribution in [0.3, 0.4) is 0 Å². The van der Waals surface area contributed by atoms with Crippen molar-refractivity contribution in [2.45, 2.75) is 39.3 Å². The molecule has 32 heavy (non-hydrogen) atoms. The Labute approximate surface area is 186 Å². The number of carbonyl (C=O) groups is 1. The molecule has 0 radical (unpaired) electrons. The van der Waals surface area contributed by atoms with Crippen molar-refractivity contribution in [1.29, 1.82) is 0 Å². The normalized spacial score (nSPS) is 11.2. The first-order valence-electron chi connectivity index (χ1n) is 10.7. The average Bonchev–Trinajstić information content (AvgIpc) is 3.17. The summed E-state index contributed by atoms with van der Waals surface area (Å²) in [4.78, 5) is 20.1.